The molecule has 0 aliphatic carbocycles. The fourth-order valence-electron chi connectivity index (χ4n) is 3.62. The molecule has 0 radical (unpaired) electrons. The van der Waals surface area contributed by atoms with Crippen LogP contribution in [0.1, 0.15) is 23.7 Å². The quantitative estimate of drug-likeness (QED) is 0.628. The molecule has 2 N–H and O–H groups in total. The van der Waals surface area contributed by atoms with E-state index in [1.165, 1.54) is 0 Å². The van der Waals surface area contributed by atoms with Crippen LogP contribution in [0.15, 0.2) is 54.6 Å². The van der Waals surface area contributed by atoms with Crippen molar-refractivity contribution in [3.8, 4) is 22.8 Å². The number of anilines is 1. The third-order valence-electron chi connectivity index (χ3n) is 5.24. The average molecular weight is 406 g/mol. The summed E-state index contributed by atoms with van der Waals surface area (Å²) in [6.07, 6.45) is 0.882. The molecular weight excluding hydrogens is 380 g/mol. The fourth-order valence-corrected chi connectivity index (χ4v) is 3.62. The van der Waals surface area contributed by atoms with E-state index in [0.717, 1.165) is 48.1 Å². The molecule has 1 atom stereocenters. The normalized spacial score (nSPS) is 15.8. The predicted molar refractivity (Wildman–Crippen MR) is 116 cm³/mol. The van der Waals surface area contributed by atoms with Crippen molar-refractivity contribution >= 4 is 11.7 Å². The largest absolute Gasteiger partial charge is 0.497 e. The number of hydrogen-bond donors (Lipinski definition) is 2. The van der Waals surface area contributed by atoms with Crippen molar-refractivity contribution in [2.24, 2.45) is 0 Å². The number of ether oxygens (including phenoxy) is 2. The third kappa shape index (κ3) is 4.40. The maximum absolute atomic E-state index is 12.6. The lowest BCUT2D eigenvalue weighted by Crippen LogP contribution is -2.37. The molecule has 1 unspecified atom stereocenters. The van der Waals surface area contributed by atoms with Gasteiger partial charge < -0.3 is 19.7 Å². The minimum absolute atomic E-state index is 0.0640. The van der Waals surface area contributed by atoms with Gasteiger partial charge in [-0.1, -0.05) is 0 Å². The van der Waals surface area contributed by atoms with Crippen LogP contribution in [0.5, 0.6) is 11.5 Å². The summed E-state index contributed by atoms with van der Waals surface area (Å²) in [5.74, 6) is 2.42. The number of amides is 1. The minimum atomic E-state index is -0.0640. The molecule has 4 rings (SSSR count). The second-order valence-corrected chi connectivity index (χ2v) is 7.23. The molecule has 2 aromatic carbocycles. The summed E-state index contributed by atoms with van der Waals surface area (Å²) in [6, 6.07) is 17.2. The first-order valence-corrected chi connectivity index (χ1v) is 10.1. The second kappa shape index (κ2) is 8.90. The molecule has 1 aliphatic heterocycles. The molecule has 0 saturated carbocycles. The molecule has 7 nitrogen and oxygen atoms in total. The van der Waals surface area contributed by atoms with Gasteiger partial charge in [0.05, 0.1) is 19.4 Å². The molecule has 1 aromatic heterocycles. The van der Waals surface area contributed by atoms with E-state index in [-0.39, 0.29) is 11.9 Å². The first kappa shape index (κ1) is 19.8. The molecule has 1 amide bonds. The highest BCUT2D eigenvalue weighted by atomic mass is 16.5. The summed E-state index contributed by atoms with van der Waals surface area (Å²) in [5, 5.41) is 10.7. The lowest BCUT2D eigenvalue weighted by atomic mass is 10.1. The van der Waals surface area contributed by atoms with Gasteiger partial charge in [0.1, 0.15) is 11.5 Å². The zero-order valence-corrected chi connectivity index (χ0v) is 17.2. The zero-order valence-electron chi connectivity index (χ0n) is 17.2. The van der Waals surface area contributed by atoms with Gasteiger partial charge in [-0.2, -0.15) is 5.10 Å². The van der Waals surface area contributed by atoms with Crippen LogP contribution in [0.3, 0.4) is 0 Å². The molecule has 3 aromatic rings. The molecule has 0 spiro atoms. The van der Waals surface area contributed by atoms with E-state index in [4.69, 9.17) is 9.47 Å². The van der Waals surface area contributed by atoms with Crippen molar-refractivity contribution in [1.29, 1.82) is 0 Å². The number of aromatic nitrogens is 2. The van der Waals surface area contributed by atoms with Gasteiger partial charge >= 0.3 is 0 Å². The maximum atomic E-state index is 12.6. The van der Waals surface area contributed by atoms with Crippen LogP contribution in [-0.4, -0.2) is 49.0 Å². The zero-order chi connectivity index (χ0) is 20.9. The van der Waals surface area contributed by atoms with Crippen molar-refractivity contribution in [2.75, 3.05) is 31.7 Å². The van der Waals surface area contributed by atoms with Crippen LogP contribution in [0.2, 0.25) is 0 Å². The molecule has 1 aliphatic rings. The number of nitrogens with zero attached hydrogens (tertiary/aromatic N) is 2. The topological polar surface area (TPSA) is 79.5 Å². The van der Waals surface area contributed by atoms with Gasteiger partial charge in [-0.05, 0) is 67.4 Å². The molecular formula is C23H26N4O3. The number of aromatic amines is 1. The summed E-state index contributed by atoms with van der Waals surface area (Å²) < 4.78 is 10.6. The molecule has 0 bridgehead atoms. The lowest BCUT2D eigenvalue weighted by molar-refractivity contribution is 0.0940. The van der Waals surface area contributed by atoms with E-state index in [9.17, 15) is 4.79 Å². The van der Waals surface area contributed by atoms with Crippen LogP contribution in [0.4, 0.5) is 5.82 Å². The Hall–Kier alpha value is -3.48. The first-order chi connectivity index (χ1) is 14.7. The van der Waals surface area contributed by atoms with Gasteiger partial charge in [-0.15, -0.1) is 0 Å². The smallest absolute Gasteiger partial charge is 0.251 e. The highest BCUT2D eigenvalue weighted by Crippen LogP contribution is 2.26. The maximum Gasteiger partial charge on any atom is 0.251 e. The Labute approximate surface area is 176 Å². The van der Waals surface area contributed by atoms with Crippen LogP contribution >= 0.6 is 0 Å². The Morgan fingerprint density at radius 1 is 1.17 bits per heavy atom. The molecule has 156 valence electrons. The van der Waals surface area contributed by atoms with Crippen LogP contribution in [0, 0.1) is 0 Å². The molecule has 1 saturated heterocycles. The van der Waals surface area contributed by atoms with E-state index < -0.39 is 0 Å². The Morgan fingerprint density at radius 3 is 2.60 bits per heavy atom. The van der Waals surface area contributed by atoms with Crippen LogP contribution < -0.4 is 19.7 Å². The van der Waals surface area contributed by atoms with Gasteiger partial charge in [0, 0.05) is 30.8 Å². The van der Waals surface area contributed by atoms with E-state index in [1.54, 1.807) is 19.2 Å². The van der Waals surface area contributed by atoms with Crippen molar-refractivity contribution in [3.63, 3.8) is 0 Å². The van der Waals surface area contributed by atoms with E-state index >= 15 is 0 Å². The number of nitrogens with one attached hydrogen (secondary N) is 2. The highest BCUT2D eigenvalue weighted by Gasteiger charge is 2.26. The number of hydrogen-bond acceptors (Lipinski definition) is 5. The predicted octanol–water partition coefficient (Wildman–Crippen LogP) is 3.49. The van der Waals surface area contributed by atoms with Gasteiger partial charge in [-0.25, -0.2) is 0 Å². The summed E-state index contributed by atoms with van der Waals surface area (Å²) in [6.45, 7) is 4.12. The van der Waals surface area contributed by atoms with Gasteiger partial charge in [0.2, 0.25) is 0 Å². The Bertz CT molecular complexity index is 982. The number of rotatable bonds is 7. The summed E-state index contributed by atoms with van der Waals surface area (Å²) >= 11 is 0. The standard InChI is InChI=1S/C23H26N4O3/c1-3-30-20-10-6-17(7-11-20)23(28)24-18-12-13-27(15-18)22-14-21(25-26-22)16-4-8-19(29-2)9-5-16/h4-11,14,18H,3,12-13,15H2,1-2H3,(H,24,28)(H,25,26). The highest BCUT2D eigenvalue weighted by molar-refractivity contribution is 5.94. The van der Waals surface area contributed by atoms with Gasteiger partial charge in [0.25, 0.3) is 5.91 Å². The van der Waals surface area contributed by atoms with Crippen LogP contribution in [0.25, 0.3) is 11.3 Å². The van der Waals surface area contributed by atoms with Crippen molar-refractivity contribution in [2.45, 2.75) is 19.4 Å². The average Bonchev–Trinajstić information content (AvgIpc) is 3.44. The fraction of sp³-hybridized carbons (Fsp3) is 0.304. The molecule has 30 heavy (non-hydrogen) atoms. The van der Waals surface area contributed by atoms with Crippen molar-refractivity contribution < 1.29 is 14.3 Å². The third-order valence-corrected chi connectivity index (χ3v) is 5.24. The van der Waals surface area contributed by atoms with Gasteiger partial charge in [0.15, 0.2) is 5.82 Å². The Kier molecular flexibility index (Phi) is 5.88. The monoisotopic (exact) mass is 406 g/mol. The summed E-state index contributed by atoms with van der Waals surface area (Å²) in [5.41, 5.74) is 2.64. The molecule has 2 heterocycles. The minimum Gasteiger partial charge on any atom is -0.497 e. The van der Waals surface area contributed by atoms with E-state index in [1.807, 2.05) is 49.4 Å². The van der Waals surface area contributed by atoms with E-state index in [2.05, 4.69) is 20.4 Å². The summed E-state index contributed by atoms with van der Waals surface area (Å²) in [4.78, 5) is 14.7. The first-order valence-electron chi connectivity index (χ1n) is 10.1. The number of methoxy groups -OCH3 is 1. The second-order valence-electron chi connectivity index (χ2n) is 7.23. The Balaban J connectivity index is 1.35. The SMILES string of the molecule is CCOc1ccc(C(=O)NC2CCN(c3cc(-c4ccc(OC)cc4)[nH]n3)C2)cc1. The molecule has 1 fully saturated rings. The van der Waals surface area contributed by atoms with Crippen LogP contribution in [-0.2, 0) is 0 Å². The van der Waals surface area contributed by atoms with Gasteiger partial charge in [-0.3, -0.25) is 9.89 Å². The van der Waals surface area contributed by atoms with E-state index in [0.29, 0.717) is 12.2 Å². The summed E-state index contributed by atoms with van der Waals surface area (Å²) in [7, 11) is 1.65. The Morgan fingerprint density at radius 2 is 1.90 bits per heavy atom. The molecule has 7 heteroatoms. The number of carbonyl (C=O) groups excluding carboxylic acids is 1. The number of H-pyrrole nitrogens is 1. The van der Waals surface area contributed by atoms with Crippen molar-refractivity contribution in [1.82, 2.24) is 15.5 Å². The lowest BCUT2D eigenvalue weighted by Gasteiger charge is -2.16. The number of carbonyl (C=O) groups is 1. The number of benzene rings is 2. The van der Waals surface area contributed by atoms with Crippen molar-refractivity contribution in [3.05, 3.63) is 60.2 Å².